The minimum absolute atomic E-state index is 0.0161. The summed E-state index contributed by atoms with van der Waals surface area (Å²) >= 11 is 0. The maximum atomic E-state index is 13.3. The van der Waals surface area contributed by atoms with Crippen molar-refractivity contribution in [1.82, 2.24) is 0 Å². The normalized spacial score (nSPS) is 11.8. The van der Waals surface area contributed by atoms with Gasteiger partial charge in [0.25, 0.3) is 0 Å². The molecule has 0 atom stereocenters. The van der Waals surface area contributed by atoms with Crippen LogP contribution in [0.15, 0.2) is 15.9 Å². The van der Waals surface area contributed by atoms with Crippen molar-refractivity contribution < 1.29 is 18.6 Å². The van der Waals surface area contributed by atoms with Gasteiger partial charge in [0.2, 0.25) is 9.84 Å². The molecule has 2 rings (SSSR count). The van der Waals surface area contributed by atoms with Crippen LogP contribution < -0.4 is 0 Å². The summed E-state index contributed by atoms with van der Waals surface area (Å²) in [5.41, 5.74) is 4.51. The molecule has 0 spiro atoms. The fourth-order valence-electron chi connectivity index (χ4n) is 3.18. The van der Waals surface area contributed by atoms with E-state index in [1.807, 2.05) is 13.8 Å². The fourth-order valence-corrected chi connectivity index (χ4v) is 5.33. The standard InChI is InChI=1S/C19H24O4S/c1-9-8-16(20)19(13(5)10(9)2)24(22,23)18-14(6)11(3)12(4)17(21)15(18)7/h8,20-21H,1-7H3. The summed E-state index contributed by atoms with van der Waals surface area (Å²) in [6, 6.07) is 1.47. The van der Waals surface area contributed by atoms with Crippen molar-refractivity contribution in [2.45, 2.75) is 58.3 Å². The lowest BCUT2D eigenvalue weighted by Gasteiger charge is -2.20. The van der Waals surface area contributed by atoms with Crippen LogP contribution >= 0.6 is 0 Å². The molecular weight excluding hydrogens is 324 g/mol. The molecule has 5 heteroatoms. The summed E-state index contributed by atoms with van der Waals surface area (Å²) in [5, 5.41) is 20.6. The van der Waals surface area contributed by atoms with Crippen molar-refractivity contribution in [3.8, 4) is 11.5 Å². The topological polar surface area (TPSA) is 74.6 Å². The number of hydrogen-bond acceptors (Lipinski definition) is 4. The third kappa shape index (κ3) is 2.47. The molecule has 0 heterocycles. The van der Waals surface area contributed by atoms with Crippen LogP contribution in [0.4, 0.5) is 0 Å². The Kier molecular flexibility index (Phi) is 4.44. The van der Waals surface area contributed by atoms with Gasteiger partial charge in [-0.15, -0.1) is 0 Å². The van der Waals surface area contributed by atoms with Gasteiger partial charge in [-0.2, -0.15) is 0 Å². The van der Waals surface area contributed by atoms with Gasteiger partial charge in [-0.25, -0.2) is 8.42 Å². The quantitative estimate of drug-likeness (QED) is 0.857. The molecular formula is C19H24O4S. The van der Waals surface area contributed by atoms with Crippen molar-refractivity contribution in [3.63, 3.8) is 0 Å². The molecule has 0 saturated heterocycles. The molecule has 130 valence electrons. The maximum absolute atomic E-state index is 13.3. The molecule has 4 nitrogen and oxygen atoms in total. The highest BCUT2D eigenvalue weighted by Crippen LogP contribution is 2.41. The minimum atomic E-state index is -3.97. The largest absolute Gasteiger partial charge is 0.507 e. The van der Waals surface area contributed by atoms with Gasteiger partial charge in [0.1, 0.15) is 16.4 Å². The van der Waals surface area contributed by atoms with E-state index >= 15 is 0 Å². The number of aromatic hydroxyl groups is 2. The highest BCUT2D eigenvalue weighted by atomic mass is 32.2. The summed E-state index contributed by atoms with van der Waals surface area (Å²) in [5.74, 6) is -0.273. The van der Waals surface area contributed by atoms with E-state index in [2.05, 4.69) is 0 Å². The van der Waals surface area contributed by atoms with E-state index in [1.54, 1.807) is 34.6 Å². The Morgan fingerprint density at radius 3 is 1.71 bits per heavy atom. The van der Waals surface area contributed by atoms with Crippen LogP contribution in [0.25, 0.3) is 0 Å². The van der Waals surface area contributed by atoms with E-state index in [9.17, 15) is 18.6 Å². The van der Waals surface area contributed by atoms with Crippen LogP contribution in [0.2, 0.25) is 0 Å². The van der Waals surface area contributed by atoms with Crippen molar-refractivity contribution in [3.05, 3.63) is 45.0 Å². The zero-order valence-corrected chi connectivity index (χ0v) is 16.0. The molecule has 2 aromatic carbocycles. The number of rotatable bonds is 2. The van der Waals surface area contributed by atoms with Crippen LogP contribution in [0.5, 0.6) is 11.5 Å². The second kappa shape index (κ2) is 5.81. The van der Waals surface area contributed by atoms with Crippen LogP contribution in [-0.4, -0.2) is 18.6 Å². The molecule has 0 aromatic heterocycles. The van der Waals surface area contributed by atoms with Crippen LogP contribution in [-0.2, 0) is 9.84 Å². The van der Waals surface area contributed by atoms with Gasteiger partial charge < -0.3 is 10.2 Å². The lowest BCUT2D eigenvalue weighted by Crippen LogP contribution is -2.11. The van der Waals surface area contributed by atoms with Crippen LogP contribution in [0.1, 0.15) is 38.9 Å². The first-order valence-electron chi connectivity index (χ1n) is 7.77. The van der Waals surface area contributed by atoms with E-state index in [-0.39, 0.29) is 21.3 Å². The Bertz CT molecular complexity index is 925. The van der Waals surface area contributed by atoms with E-state index in [0.717, 1.165) is 16.7 Å². The first-order chi connectivity index (χ1) is 10.9. The smallest absolute Gasteiger partial charge is 0.211 e. The third-order valence-corrected chi connectivity index (χ3v) is 7.34. The molecule has 0 fully saturated rings. The zero-order chi connectivity index (χ0) is 18.6. The number of aryl methyl sites for hydroxylation is 1. The number of hydrogen-bond donors (Lipinski definition) is 2. The lowest BCUT2D eigenvalue weighted by atomic mass is 9.99. The van der Waals surface area contributed by atoms with Crippen LogP contribution in [0.3, 0.4) is 0 Å². The predicted molar refractivity (Wildman–Crippen MR) is 94.8 cm³/mol. The molecule has 0 bridgehead atoms. The lowest BCUT2D eigenvalue weighted by molar-refractivity contribution is 0.455. The Morgan fingerprint density at radius 1 is 0.667 bits per heavy atom. The van der Waals surface area contributed by atoms with Gasteiger partial charge in [0.05, 0.1) is 4.90 Å². The third-order valence-electron chi connectivity index (χ3n) is 5.13. The van der Waals surface area contributed by atoms with Crippen molar-refractivity contribution in [1.29, 1.82) is 0 Å². The first-order valence-corrected chi connectivity index (χ1v) is 9.25. The molecule has 0 unspecified atom stereocenters. The second-order valence-corrected chi connectivity index (χ2v) is 8.30. The van der Waals surface area contributed by atoms with E-state index < -0.39 is 9.84 Å². The number of phenolic OH excluding ortho intramolecular Hbond substituents is 2. The molecule has 2 aromatic rings. The molecule has 0 saturated carbocycles. The monoisotopic (exact) mass is 348 g/mol. The summed E-state index contributed by atoms with van der Waals surface area (Å²) in [4.78, 5) is -0.00999. The first kappa shape index (κ1) is 18.3. The Morgan fingerprint density at radius 2 is 1.17 bits per heavy atom. The fraction of sp³-hybridized carbons (Fsp3) is 0.368. The minimum Gasteiger partial charge on any atom is -0.507 e. The Balaban J connectivity index is 2.97. The average molecular weight is 348 g/mol. The van der Waals surface area contributed by atoms with Gasteiger partial charge in [0, 0.05) is 5.56 Å². The highest BCUT2D eigenvalue weighted by molar-refractivity contribution is 7.91. The van der Waals surface area contributed by atoms with Gasteiger partial charge in [-0.1, -0.05) is 0 Å². The maximum Gasteiger partial charge on any atom is 0.211 e. The predicted octanol–water partition coefficient (Wildman–Crippen LogP) is 4.09. The SMILES string of the molecule is Cc1cc(O)c(S(=O)(=O)c2c(C)c(C)c(C)c(O)c2C)c(C)c1C. The molecule has 0 radical (unpaired) electrons. The summed E-state index contributed by atoms with van der Waals surface area (Å²) in [7, 11) is -3.97. The van der Waals surface area contributed by atoms with Gasteiger partial charge in [-0.3, -0.25) is 0 Å². The average Bonchev–Trinajstić information content (AvgIpc) is 2.48. The number of benzene rings is 2. The molecule has 0 aliphatic rings. The Labute approximate surface area is 143 Å². The summed E-state index contributed by atoms with van der Waals surface area (Å²) < 4.78 is 26.7. The second-order valence-electron chi connectivity index (χ2n) is 6.47. The van der Waals surface area contributed by atoms with Crippen molar-refractivity contribution >= 4 is 9.84 Å². The van der Waals surface area contributed by atoms with Gasteiger partial charge in [0.15, 0.2) is 0 Å². The highest BCUT2D eigenvalue weighted by Gasteiger charge is 2.31. The zero-order valence-electron chi connectivity index (χ0n) is 15.2. The van der Waals surface area contributed by atoms with Crippen molar-refractivity contribution in [2.24, 2.45) is 0 Å². The van der Waals surface area contributed by atoms with Gasteiger partial charge in [-0.05, 0) is 87.9 Å². The molecule has 24 heavy (non-hydrogen) atoms. The molecule has 0 aliphatic carbocycles. The number of phenols is 2. The molecule has 0 amide bonds. The number of sulfone groups is 1. The van der Waals surface area contributed by atoms with Crippen molar-refractivity contribution in [2.75, 3.05) is 0 Å². The van der Waals surface area contributed by atoms with E-state index in [4.69, 9.17) is 0 Å². The summed E-state index contributed by atoms with van der Waals surface area (Å²) in [6.07, 6.45) is 0. The Hall–Kier alpha value is -2.01. The van der Waals surface area contributed by atoms with E-state index in [0.29, 0.717) is 22.3 Å². The van der Waals surface area contributed by atoms with Crippen LogP contribution in [0, 0.1) is 48.5 Å². The van der Waals surface area contributed by atoms with E-state index in [1.165, 1.54) is 6.07 Å². The van der Waals surface area contributed by atoms with Gasteiger partial charge >= 0.3 is 0 Å². The molecule has 2 N–H and O–H groups in total. The summed E-state index contributed by atoms with van der Waals surface area (Å²) in [6.45, 7) is 12.2. The molecule has 0 aliphatic heterocycles.